The molecule has 0 aliphatic heterocycles. The molecule has 1 aromatic carbocycles. The molecule has 2 aromatic heterocycles. The minimum absolute atomic E-state index is 0.575. The van der Waals surface area contributed by atoms with Crippen molar-refractivity contribution >= 4 is 11.3 Å². The van der Waals surface area contributed by atoms with Crippen LogP contribution in [0.25, 0.3) is 16.3 Å². The Balaban J connectivity index is 2.07. The molecule has 18 heavy (non-hydrogen) atoms. The molecule has 0 aliphatic rings. The summed E-state index contributed by atoms with van der Waals surface area (Å²) in [6, 6.07) is 11.5. The highest BCUT2D eigenvalue weighted by Gasteiger charge is 2.16. The smallest absolute Gasteiger partial charge is 0.216 e. The number of hydrogen-bond donors (Lipinski definition) is 0. The molecule has 0 bridgehead atoms. The average molecular weight is 257 g/mol. The number of aromatic nitrogens is 3. The number of benzene rings is 1. The van der Waals surface area contributed by atoms with Crippen molar-refractivity contribution in [2.75, 3.05) is 0 Å². The Hall–Kier alpha value is -2.14. The lowest BCUT2D eigenvalue weighted by Crippen LogP contribution is -2.38. The standard InChI is InChI=1S/C13H11N3OS/c1-10-4-6-11(7-5-10)15-14-9-12(16(15)17)13-3-2-8-18-13/h2-9H,1H3. The minimum atomic E-state index is 0.575. The Morgan fingerprint density at radius 1 is 1.22 bits per heavy atom. The molecule has 3 aromatic rings. The molecule has 0 spiro atoms. The molecular weight excluding hydrogens is 246 g/mol. The molecule has 0 N–H and O–H groups in total. The van der Waals surface area contributed by atoms with Crippen LogP contribution in [-0.2, 0) is 0 Å². The van der Waals surface area contributed by atoms with Gasteiger partial charge in [0.05, 0.1) is 4.88 Å². The van der Waals surface area contributed by atoms with E-state index in [2.05, 4.69) is 5.10 Å². The van der Waals surface area contributed by atoms with E-state index in [1.807, 2.05) is 48.7 Å². The molecule has 2 heterocycles. The first-order valence-electron chi connectivity index (χ1n) is 5.54. The van der Waals surface area contributed by atoms with E-state index in [0.29, 0.717) is 5.69 Å². The van der Waals surface area contributed by atoms with Crippen molar-refractivity contribution < 1.29 is 4.85 Å². The van der Waals surface area contributed by atoms with Crippen LogP contribution in [0.3, 0.4) is 0 Å². The van der Waals surface area contributed by atoms with Crippen LogP contribution in [0, 0.1) is 12.1 Å². The quantitative estimate of drug-likeness (QED) is 0.523. The summed E-state index contributed by atoms with van der Waals surface area (Å²) in [5.74, 6) is 0. The molecule has 0 atom stereocenters. The maximum Gasteiger partial charge on any atom is 0.216 e. The molecule has 0 amide bonds. The zero-order chi connectivity index (χ0) is 12.5. The lowest BCUT2D eigenvalue weighted by molar-refractivity contribution is -0.678. The first-order chi connectivity index (χ1) is 8.75. The number of thiophene rings is 1. The maximum absolute atomic E-state index is 12.2. The maximum atomic E-state index is 12.2. The van der Waals surface area contributed by atoms with Gasteiger partial charge < -0.3 is 5.21 Å². The first kappa shape index (κ1) is 11.0. The van der Waals surface area contributed by atoms with Gasteiger partial charge in [0.1, 0.15) is 5.69 Å². The third-order valence-corrected chi connectivity index (χ3v) is 3.60. The molecule has 0 radical (unpaired) electrons. The van der Waals surface area contributed by atoms with Gasteiger partial charge in [0.25, 0.3) is 0 Å². The Labute approximate surface area is 108 Å². The van der Waals surface area contributed by atoms with E-state index in [9.17, 15) is 5.21 Å². The average Bonchev–Trinajstić information content (AvgIpc) is 2.99. The summed E-state index contributed by atoms with van der Waals surface area (Å²) >= 11 is 1.53. The number of hydrogen-bond acceptors (Lipinski definition) is 3. The fraction of sp³-hybridized carbons (Fsp3) is 0.0769. The van der Waals surface area contributed by atoms with E-state index in [1.54, 1.807) is 6.20 Å². The summed E-state index contributed by atoms with van der Waals surface area (Å²) in [7, 11) is 0. The fourth-order valence-corrected chi connectivity index (χ4v) is 2.45. The Morgan fingerprint density at radius 2 is 2.00 bits per heavy atom. The first-order valence-corrected chi connectivity index (χ1v) is 6.42. The van der Waals surface area contributed by atoms with Crippen molar-refractivity contribution in [1.29, 1.82) is 0 Å². The Bertz CT molecular complexity index is 656. The second kappa shape index (κ2) is 4.27. The van der Waals surface area contributed by atoms with E-state index >= 15 is 0 Å². The fourth-order valence-electron chi connectivity index (χ4n) is 1.74. The van der Waals surface area contributed by atoms with E-state index in [4.69, 9.17) is 0 Å². The normalized spacial score (nSPS) is 10.7. The highest BCUT2D eigenvalue weighted by molar-refractivity contribution is 7.13. The van der Waals surface area contributed by atoms with Crippen molar-refractivity contribution in [1.82, 2.24) is 9.90 Å². The van der Waals surface area contributed by atoms with Crippen LogP contribution in [0.15, 0.2) is 48.0 Å². The van der Waals surface area contributed by atoms with Crippen molar-refractivity contribution in [3.8, 4) is 16.3 Å². The van der Waals surface area contributed by atoms with Gasteiger partial charge in [-0.3, -0.25) is 0 Å². The summed E-state index contributed by atoms with van der Waals surface area (Å²) in [5, 5.41) is 18.3. The third-order valence-electron chi connectivity index (χ3n) is 2.71. The van der Waals surface area contributed by atoms with E-state index in [-0.39, 0.29) is 0 Å². The van der Waals surface area contributed by atoms with E-state index in [0.717, 1.165) is 21.0 Å². The van der Waals surface area contributed by atoms with Crippen molar-refractivity contribution in [2.24, 2.45) is 0 Å². The van der Waals surface area contributed by atoms with Crippen molar-refractivity contribution in [3.05, 3.63) is 58.7 Å². The van der Waals surface area contributed by atoms with Crippen molar-refractivity contribution in [2.45, 2.75) is 6.92 Å². The third kappa shape index (κ3) is 1.78. The molecule has 0 aliphatic carbocycles. The molecule has 0 saturated carbocycles. The van der Waals surface area contributed by atoms with Gasteiger partial charge in [0.15, 0.2) is 0 Å². The molecule has 5 heteroatoms. The second-order valence-electron chi connectivity index (χ2n) is 4.01. The Morgan fingerprint density at radius 3 is 2.67 bits per heavy atom. The summed E-state index contributed by atoms with van der Waals surface area (Å²) in [4.78, 5) is 3.09. The Kier molecular flexibility index (Phi) is 2.60. The minimum Gasteiger partial charge on any atom is -0.692 e. The second-order valence-corrected chi connectivity index (χ2v) is 4.95. The van der Waals surface area contributed by atoms with Crippen LogP contribution < -0.4 is 4.85 Å². The largest absolute Gasteiger partial charge is 0.692 e. The van der Waals surface area contributed by atoms with Gasteiger partial charge >= 0.3 is 0 Å². The molecule has 0 fully saturated rings. The van der Waals surface area contributed by atoms with Gasteiger partial charge in [0, 0.05) is 5.10 Å². The summed E-state index contributed by atoms with van der Waals surface area (Å²) in [5.41, 5.74) is 2.49. The molecule has 3 rings (SSSR count). The number of rotatable bonds is 2. The van der Waals surface area contributed by atoms with Crippen LogP contribution in [0.5, 0.6) is 0 Å². The van der Waals surface area contributed by atoms with Crippen LogP contribution >= 0.6 is 11.3 Å². The van der Waals surface area contributed by atoms with Gasteiger partial charge in [-0.1, -0.05) is 23.8 Å². The van der Waals surface area contributed by atoms with Gasteiger partial charge in [-0.25, -0.2) is 0 Å². The molecule has 90 valence electrons. The van der Waals surface area contributed by atoms with E-state index in [1.165, 1.54) is 16.1 Å². The van der Waals surface area contributed by atoms with Gasteiger partial charge in [-0.05, 0) is 35.3 Å². The number of nitrogens with zero attached hydrogens (tertiary/aromatic N) is 3. The molecular formula is C13H11N3OS. The van der Waals surface area contributed by atoms with E-state index < -0.39 is 0 Å². The highest BCUT2D eigenvalue weighted by atomic mass is 32.1. The molecule has 0 unspecified atom stereocenters. The van der Waals surface area contributed by atoms with Crippen molar-refractivity contribution in [3.63, 3.8) is 0 Å². The van der Waals surface area contributed by atoms with Crippen LogP contribution in [0.2, 0.25) is 0 Å². The predicted octanol–water partition coefficient (Wildman–Crippen LogP) is 2.54. The van der Waals surface area contributed by atoms with Crippen LogP contribution in [0.1, 0.15) is 5.56 Å². The van der Waals surface area contributed by atoms with Crippen LogP contribution in [-0.4, -0.2) is 9.90 Å². The summed E-state index contributed by atoms with van der Waals surface area (Å²) in [6.07, 6.45) is 1.60. The van der Waals surface area contributed by atoms with Crippen LogP contribution in [0.4, 0.5) is 0 Å². The highest BCUT2D eigenvalue weighted by Crippen LogP contribution is 2.21. The SMILES string of the molecule is Cc1ccc(-n2ncc(-c3cccs3)[n+]2[O-])cc1. The van der Waals surface area contributed by atoms with Gasteiger partial charge in [-0.2, -0.15) is 0 Å². The summed E-state index contributed by atoms with van der Waals surface area (Å²) < 4.78 is 0. The predicted molar refractivity (Wildman–Crippen MR) is 70.6 cm³/mol. The zero-order valence-corrected chi connectivity index (χ0v) is 10.6. The topological polar surface area (TPSA) is 44.8 Å². The number of aryl methyl sites for hydroxylation is 1. The monoisotopic (exact) mass is 257 g/mol. The molecule has 4 nitrogen and oxygen atoms in total. The molecule has 0 saturated heterocycles. The van der Waals surface area contributed by atoms with Gasteiger partial charge in [0.2, 0.25) is 11.9 Å². The lowest BCUT2D eigenvalue weighted by Gasteiger charge is -2.05. The summed E-state index contributed by atoms with van der Waals surface area (Å²) in [6.45, 7) is 2.01. The van der Waals surface area contributed by atoms with Gasteiger partial charge in [-0.15, -0.1) is 16.2 Å². The lowest BCUT2D eigenvalue weighted by atomic mass is 10.2. The zero-order valence-electron chi connectivity index (χ0n) is 9.78.